The highest BCUT2D eigenvalue weighted by Crippen LogP contribution is 2.49. The van der Waals surface area contributed by atoms with Crippen LogP contribution in [-0.2, 0) is 0 Å². The van der Waals surface area contributed by atoms with Gasteiger partial charge in [-0.05, 0) is 175 Å². The van der Waals surface area contributed by atoms with Crippen LogP contribution in [0.1, 0.15) is 0 Å². The van der Waals surface area contributed by atoms with Crippen molar-refractivity contribution in [2.45, 2.75) is 0 Å². The number of hydrogen-bond acceptors (Lipinski definition) is 1. The Kier molecular flexibility index (Phi) is 9.60. The van der Waals surface area contributed by atoms with E-state index in [4.69, 9.17) is 0 Å². The molecule has 0 atom stereocenters. The quantitative estimate of drug-likeness (QED) is 0.144. The molecule has 14 aromatic rings. The van der Waals surface area contributed by atoms with E-state index in [9.17, 15) is 0 Å². The average molecular weight is 900 g/mol. The first-order chi connectivity index (χ1) is 35.2. The number of anilines is 3. The van der Waals surface area contributed by atoms with Crippen LogP contribution in [0.2, 0.25) is 0 Å². The summed E-state index contributed by atoms with van der Waals surface area (Å²) in [5, 5.41) is 17.3. The molecule has 71 heavy (non-hydrogen) atoms. The van der Waals surface area contributed by atoms with Gasteiger partial charge in [-0.15, -0.1) is 0 Å². The molecule has 0 aliphatic heterocycles. The van der Waals surface area contributed by atoms with Crippen molar-refractivity contribution in [3.8, 4) is 44.5 Å². The molecule has 1 heteroatoms. The van der Waals surface area contributed by atoms with Crippen molar-refractivity contribution >= 4 is 92.5 Å². The monoisotopic (exact) mass is 899 g/mol. The summed E-state index contributed by atoms with van der Waals surface area (Å²) < 4.78 is 0. The minimum atomic E-state index is 1.09. The highest BCUT2D eigenvalue weighted by molar-refractivity contribution is 6.24. The maximum Gasteiger partial charge on any atom is 0.0468 e. The number of para-hydroxylation sites is 1. The van der Waals surface area contributed by atoms with Crippen LogP contribution in [-0.4, -0.2) is 0 Å². The number of benzene rings is 14. The molecule has 0 saturated carbocycles. The first-order valence-electron chi connectivity index (χ1n) is 24.6. The zero-order chi connectivity index (χ0) is 46.8. The zero-order valence-electron chi connectivity index (χ0n) is 38.9. The third-order valence-corrected chi connectivity index (χ3v) is 14.7. The molecular weight excluding hydrogens is 855 g/mol. The Labute approximate surface area is 412 Å². The SMILES string of the molecule is c1ccc(N(c2cccc(-c3c4ccccc4c(-c4ccc5ccccc5c4)c4ccccc34)c2)c2ccc3c(-c4ccc5ccccc5c4)c4ccccc4c(-c4ccc5ccccc5c4)c3c2)cc1. The average Bonchev–Trinajstić information content (AvgIpc) is 3.44. The Bertz CT molecular complexity index is 4360. The van der Waals surface area contributed by atoms with Crippen LogP contribution >= 0.6 is 0 Å². The van der Waals surface area contributed by atoms with Gasteiger partial charge in [0.2, 0.25) is 0 Å². The summed E-state index contributed by atoms with van der Waals surface area (Å²) >= 11 is 0. The molecule has 0 radical (unpaired) electrons. The molecule has 0 saturated heterocycles. The summed E-state index contributed by atoms with van der Waals surface area (Å²) in [6, 6.07) is 101. The van der Waals surface area contributed by atoms with E-state index in [2.05, 4.69) is 278 Å². The lowest BCUT2D eigenvalue weighted by molar-refractivity contribution is 1.29. The summed E-state index contributed by atoms with van der Waals surface area (Å²) in [5.74, 6) is 0. The van der Waals surface area contributed by atoms with Gasteiger partial charge >= 0.3 is 0 Å². The van der Waals surface area contributed by atoms with Crippen molar-refractivity contribution < 1.29 is 0 Å². The van der Waals surface area contributed by atoms with Gasteiger partial charge in [-0.1, -0.05) is 218 Å². The van der Waals surface area contributed by atoms with E-state index in [1.165, 1.54) is 120 Å². The van der Waals surface area contributed by atoms with E-state index in [1.54, 1.807) is 0 Å². The number of hydrogen-bond donors (Lipinski definition) is 0. The highest BCUT2D eigenvalue weighted by Gasteiger charge is 2.22. The predicted molar refractivity (Wildman–Crippen MR) is 305 cm³/mol. The maximum atomic E-state index is 2.44. The molecule has 0 bridgehead atoms. The van der Waals surface area contributed by atoms with E-state index in [1.807, 2.05) is 0 Å². The fraction of sp³-hybridized carbons (Fsp3) is 0. The highest BCUT2D eigenvalue weighted by atomic mass is 15.1. The molecule has 0 aliphatic carbocycles. The standard InChI is InChI=1S/C70H45N/c1-2-24-56(25-3-1)71(57-26-16-23-52(44-57)67-59-27-10-12-29-61(59)68(62-30-13-11-28-60(62)67)53-36-33-46-17-4-7-20-49(46)41-53)58-39-40-65-66(45-58)70(55-38-35-48-19-6-9-22-51(48)43-55)64-32-15-14-31-63(64)69(65)54-37-34-47-18-5-8-21-50(47)42-54/h1-45H. The molecule has 14 rings (SSSR count). The van der Waals surface area contributed by atoms with Gasteiger partial charge in [0.05, 0.1) is 0 Å². The molecule has 330 valence electrons. The predicted octanol–water partition coefficient (Wildman–Crippen LogP) is 19.9. The summed E-state index contributed by atoms with van der Waals surface area (Å²) in [4.78, 5) is 2.44. The molecule has 0 unspecified atom stereocenters. The second kappa shape index (κ2) is 16.7. The topological polar surface area (TPSA) is 3.24 Å². The molecule has 0 fully saturated rings. The van der Waals surface area contributed by atoms with Gasteiger partial charge in [-0.2, -0.15) is 0 Å². The van der Waals surface area contributed by atoms with Gasteiger partial charge in [0.1, 0.15) is 0 Å². The van der Waals surface area contributed by atoms with E-state index in [0.29, 0.717) is 0 Å². The Balaban J connectivity index is 1.01. The first-order valence-corrected chi connectivity index (χ1v) is 24.6. The Hall–Kier alpha value is -9.30. The summed E-state index contributed by atoms with van der Waals surface area (Å²) in [6.45, 7) is 0. The third kappa shape index (κ3) is 6.85. The summed E-state index contributed by atoms with van der Waals surface area (Å²) in [5.41, 5.74) is 13.1. The van der Waals surface area contributed by atoms with Crippen molar-refractivity contribution in [1.82, 2.24) is 0 Å². The van der Waals surface area contributed by atoms with Crippen LogP contribution in [0.15, 0.2) is 273 Å². The van der Waals surface area contributed by atoms with Crippen LogP contribution in [0.4, 0.5) is 17.1 Å². The largest absolute Gasteiger partial charge is 0.310 e. The van der Waals surface area contributed by atoms with Crippen LogP contribution in [0.3, 0.4) is 0 Å². The van der Waals surface area contributed by atoms with E-state index < -0.39 is 0 Å². The third-order valence-electron chi connectivity index (χ3n) is 14.7. The van der Waals surface area contributed by atoms with Gasteiger partial charge < -0.3 is 4.90 Å². The van der Waals surface area contributed by atoms with Gasteiger partial charge in [0.15, 0.2) is 0 Å². The molecule has 0 N–H and O–H groups in total. The van der Waals surface area contributed by atoms with Crippen LogP contribution < -0.4 is 4.90 Å². The summed E-state index contributed by atoms with van der Waals surface area (Å²) in [7, 11) is 0. The van der Waals surface area contributed by atoms with Gasteiger partial charge in [-0.3, -0.25) is 0 Å². The smallest absolute Gasteiger partial charge is 0.0468 e. The van der Waals surface area contributed by atoms with Gasteiger partial charge in [0, 0.05) is 17.1 Å². The van der Waals surface area contributed by atoms with E-state index >= 15 is 0 Å². The lowest BCUT2D eigenvalue weighted by Gasteiger charge is -2.27. The molecule has 0 heterocycles. The van der Waals surface area contributed by atoms with Crippen molar-refractivity contribution in [2.75, 3.05) is 4.90 Å². The van der Waals surface area contributed by atoms with Gasteiger partial charge in [-0.25, -0.2) is 0 Å². The van der Waals surface area contributed by atoms with Gasteiger partial charge in [0.25, 0.3) is 0 Å². The van der Waals surface area contributed by atoms with Crippen LogP contribution in [0, 0.1) is 0 Å². The molecular formula is C70H45N. The van der Waals surface area contributed by atoms with E-state index in [0.717, 1.165) is 17.1 Å². The van der Waals surface area contributed by atoms with Crippen molar-refractivity contribution in [3.05, 3.63) is 273 Å². The van der Waals surface area contributed by atoms with Crippen molar-refractivity contribution in [3.63, 3.8) is 0 Å². The molecule has 0 amide bonds. The normalized spacial score (nSPS) is 11.7. The van der Waals surface area contributed by atoms with Crippen molar-refractivity contribution in [2.24, 2.45) is 0 Å². The van der Waals surface area contributed by atoms with Crippen LogP contribution in [0.5, 0.6) is 0 Å². The molecule has 0 aliphatic rings. The minimum Gasteiger partial charge on any atom is -0.310 e. The molecule has 0 aromatic heterocycles. The fourth-order valence-corrected chi connectivity index (χ4v) is 11.5. The maximum absolute atomic E-state index is 2.44. The molecule has 0 spiro atoms. The van der Waals surface area contributed by atoms with Crippen LogP contribution in [0.25, 0.3) is 120 Å². The minimum absolute atomic E-state index is 1.09. The second-order valence-corrected chi connectivity index (χ2v) is 18.8. The number of fused-ring (bicyclic) bond motifs is 7. The zero-order valence-corrected chi connectivity index (χ0v) is 38.9. The first kappa shape index (κ1) is 40.7. The van der Waals surface area contributed by atoms with Crippen molar-refractivity contribution in [1.29, 1.82) is 0 Å². The lowest BCUT2D eigenvalue weighted by atomic mass is 9.85. The Morgan fingerprint density at radius 3 is 0.930 bits per heavy atom. The molecule has 14 aromatic carbocycles. The summed E-state index contributed by atoms with van der Waals surface area (Å²) in [6.07, 6.45) is 0. The van der Waals surface area contributed by atoms with E-state index in [-0.39, 0.29) is 0 Å². The lowest BCUT2D eigenvalue weighted by Crippen LogP contribution is -2.10. The fourth-order valence-electron chi connectivity index (χ4n) is 11.5. The second-order valence-electron chi connectivity index (χ2n) is 18.8. The molecule has 1 nitrogen and oxygen atoms in total. The number of nitrogens with zero attached hydrogens (tertiary/aromatic N) is 1. The Morgan fingerprint density at radius 1 is 0.169 bits per heavy atom. The Morgan fingerprint density at radius 2 is 0.493 bits per heavy atom. The number of rotatable bonds is 7.